The number of carbonyl (C=O) groups excluding carboxylic acids is 1. The second-order valence-electron chi connectivity index (χ2n) is 7.14. The molecule has 1 N–H and O–H groups in total. The molecule has 0 saturated carbocycles. The van der Waals surface area contributed by atoms with Gasteiger partial charge >= 0.3 is 0 Å². The average molecular weight is 420 g/mol. The van der Waals surface area contributed by atoms with E-state index in [0.29, 0.717) is 11.5 Å². The van der Waals surface area contributed by atoms with E-state index in [1.807, 2.05) is 24.3 Å². The second kappa shape index (κ2) is 9.29. The first-order valence-electron chi connectivity index (χ1n) is 10.0. The van der Waals surface area contributed by atoms with Crippen molar-refractivity contribution in [2.24, 2.45) is 0 Å². The predicted molar refractivity (Wildman–Crippen MR) is 119 cm³/mol. The Labute approximate surface area is 179 Å². The lowest BCUT2D eigenvalue weighted by Gasteiger charge is -2.36. The Morgan fingerprint density at radius 2 is 1.65 bits per heavy atom. The zero-order valence-electron chi connectivity index (χ0n) is 17.3. The molecule has 0 bridgehead atoms. The highest BCUT2D eigenvalue weighted by atomic mass is 16.5. The van der Waals surface area contributed by atoms with Gasteiger partial charge in [-0.3, -0.25) is 14.6 Å². The summed E-state index contributed by atoms with van der Waals surface area (Å²) in [5.41, 5.74) is 1.45. The van der Waals surface area contributed by atoms with Crippen molar-refractivity contribution in [3.05, 3.63) is 71.3 Å². The van der Waals surface area contributed by atoms with E-state index in [2.05, 4.69) is 25.2 Å². The van der Waals surface area contributed by atoms with Gasteiger partial charge in [0, 0.05) is 56.0 Å². The number of nitrogens with zero attached hydrogens (tertiary/aromatic N) is 5. The molecule has 0 radical (unpaired) electrons. The molecule has 0 spiro atoms. The molecule has 31 heavy (non-hydrogen) atoms. The molecule has 0 aliphatic carbocycles. The van der Waals surface area contributed by atoms with Crippen molar-refractivity contribution in [3.63, 3.8) is 0 Å². The Morgan fingerprint density at radius 3 is 2.32 bits per heavy atom. The summed E-state index contributed by atoms with van der Waals surface area (Å²) in [6, 6.07) is 14.6. The summed E-state index contributed by atoms with van der Waals surface area (Å²) in [5.74, 6) is 1.20. The van der Waals surface area contributed by atoms with Crippen LogP contribution in [0.4, 0.5) is 17.2 Å². The number of nitrogens with one attached hydrogen (secondary N) is 1. The summed E-state index contributed by atoms with van der Waals surface area (Å²) in [7, 11) is 1.66. The Morgan fingerprint density at radius 1 is 0.968 bits per heavy atom. The van der Waals surface area contributed by atoms with E-state index in [1.54, 1.807) is 37.7 Å². The van der Waals surface area contributed by atoms with E-state index in [1.165, 1.54) is 10.7 Å². The van der Waals surface area contributed by atoms with E-state index in [9.17, 15) is 9.59 Å². The minimum absolute atomic E-state index is 0.152. The van der Waals surface area contributed by atoms with Gasteiger partial charge in [-0.1, -0.05) is 0 Å². The first-order valence-corrected chi connectivity index (χ1v) is 10.0. The fourth-order valence-electron chi connectivity index (χ4n) is 3.48. The lowest BCUT2D eigenvalue weighted by molar-refractivity contribution is -0.117. The van der Waals surface area contributed by atoms with E-state index >= 15 is 0 Å². The van der Waals surface area contributed by atoms with Crippen molar-refractivity contribution >= 4 is 23.1 Å². The van der Waals surface area contributed by atoms with Crippen molar-refractivity contribution in [1.29, 1.82) is 0 Å². The van der Waals surface area contributed by atoms with Gasteiger partial charge in [0.15, 0.2) is 0 Å². The molecule has 9 heteroatoms. The third kappa shape index (κ3) is 5.00. The first kappa shape index (κ1) is 20.4. The van der Waals surface area contributed by atoms with Gasteiger partial charge in [-0.25, -0.2) is 4.68 Å². The number of pyridine rings is 1. The van der Waals surface area contributed by atoms with Crippen molar-refractivity contribution in [1.82, 2.24) is 14.8 Å². The number of benzene rings is 1. The number of ether oxygens (including phenoxy) is 1. The number of hydrogen-bond donors (Lipinski definition) is 1. The summed E-state index contributed by atoms with van der Waals surface area (Å²) < 4.78 is 6.41. The number of methoxy groups -OCH3 is 1. The molecule has 1 aromatic carbocycles. The summed E-state index contributed by atoms with van der Waals surface area (Å²) in [6.07, 6.45) is 3.18. The van der Waals surface area contributed by atoms with Crippen LogP contribution in [0.5, 0.6) is 5.75 Å². The minimum Gasteiger partial charge on any atom is -0.497 e. The van der Waals surface area contributed by atoms with Crippen molar-refractivity contribution in [3.8, 4) is 5.75 Å². The van der Waals surface area contributed by atoms with Crippen molar-refractivity contribution in [2.75, 3.05) is 48.4 Å². The first-order chi connectivity index (χ1) is 15.1. The number of aromatic nitrogens is 3. The van der Waals surface area contributed by atoms with Crippen LogP contribution in [0.1, 0.15) is 0 Å². The molecule has 1 saturated heterocycles. The molecule has 1 fully saturated rings. The Bertz CT molecular complexity index is 1080. The molecule has 0 atom stereocenters. The smallest absolute Gasteiger partial charge is 0.267 e. The van der Waals surface area contributed by atoms with Crippen LogP contribution in [0.15, 0.2) is 65.7 Å². The SMILES string of the molecule is COc1ccc(N2CCN(c3ccc(=O)n(CC(=O)Nc4ccncc4)n3)CC2)cc1. The number of carbonyl (C=O) groups is 1. The molecule has 1 amide bonds. The van der Waals surface area contributed by atoms with Crippen LogP contribution < -0.4 is 25.4 Å². The topological polar surface area (TPSA) is 92.6 Å². The molecule has 1 aliphatic rings. The molecule has 0 unspecified atom stereocenters. The molecule has 3 heterocycles. The van der Waals surface area contributed by atoms with Crippen LogP contribution in [0.25, 0.3) is 0 Å². The van der Waals surface area contributed by atoms with Gasteiger partial charge in [0.1, 0.15) is 18.1 Å². The maximum absolute atomic E-state index is 12.3. The van der Waals surface area contributed by atoms with Crippen molar-refractivity contribution < 1.29 is 9.53 Å². The van der Waals surface area contributed by atoms with Crippen LogP contribution in [-0.2, 0) is 11.3 Å². The minimum atomic E-state index is -0.317. The number of hydrogen-bond acceptors (Lipinski definition) is 7. The zero-order chi connectivity index (χ0) is 21.6. The summed E-state index contributed by atoms with van der Waals surface area (Å²) in [6.45, 7) is 3.03. The molecule has 9 nitrogen and oxygen atoms in total. The van der Waals surface area contributed by atoms with Crippen LogP contribution in [-0.4, -0.2) is 54.0 Å². The summed E-state index contributed by atoms with van der Waals surface area (Å²) in [4.78, 5) is 32.8. The average Bonchev–Trinajstić information content (AvgIpc) is 2.81. The molecule has 3 aromatic rings. The maximum Gasteiger partial charge on any atom is 0.267 e. The number of piperazine rings is 1. The van der Waals surface area contributed by atoms with Gasteiger partial charge in [0.25, 0.3) is 5.56 Å². The summed E-state index contributed by atoms with van der Waals surface area (Å²) >= 11 is 0. The number of anilines is 3. The van der Waals surface area contributed by atoms with E-state index in [-0.39, 0.29) is 18.0 Å². The Kier molecular flexibility index (Phi) is 6.11. The Hall–Kier alpha value is -3.88. The molecule has 4 rings (SSSR count). The molecular weight excluding hydrogens is 396 g/mol. The fraction of sp³-hybridized carbons (Fsp3) is 0.273. The third-order valence-corrected chi connectivity index (χ3v) is 5.15. The van der Waals surface area contributed by atoms with Gasteiger partial charge in [-0.15, -0.1) is 0 Å². The van der Waals surface area contributed by atoms with Gasteiger partial charge in [-0.05, 0) is 42.5 Å². The lowest BCUT2D eigenvalue weighted by atomic mass is 10.2. The summed E-state index contributed by atoms with van der Waals surface area (Å²) in [5, 5.41) is 7.16. The fourth-order valence-corrected chi connectivity index (χ4v) is 3.48. The standard InChI is InChI=1S/C22H24N6O3/c1-31-19-4-2-18(3-5-19)26-12-14-27(15-13-26)20-6-7-22(30)28(25-20)16-21(29)24-17-8-10-23-11-9-17/h2-11H,12-16H2,1H3,(H,23,24,29). The molecular formula is C22H24N6O3. The van der Waals surface area contributed by atoms with Crippen molar-refractivity contribution in [2.45, 2.75) is 6.54 Å². The number of rotatable bonds is 6. The van der Waals surface area contributed by atoms with Gasteiger partial charge < -0.3 is 19.9 Å². The molecule has 1 aliphatic heterocycles. The zero-order valence-corrected chi connectivity index (χ0v) is 17.3. The maximum atomic E-state index is 12.3. The van der Waals surface area contributed by atoms with E-state index in [4.69, 9.17) is 4.74 Å². The predicted octanol–water partition coefficient (Wildman–Crippen LogP) is 1.61. The van der Waals surface area contributed by atoms with E-state index in [0.717, 1.165) is 37.6 Å². The largest absolute Gasteiger partial charge is 0.497 e. The van der Waals surface area contributed by atoms with Gasteiger partial charge in [0.2, 0.25) is 5.91 Å². The normalized spacial score (nSPS) is 13.7. The third-order valence-electron chi connectivity index (χ3n) is 5.15. The van der Waals surface area contributed by atoms with Crippen LogP contribution >= 0.6 is 0 Å². The highest BCUT2D eigenvalue weighted by Crippen LogP contribution is 2.21. The molecule has 160 valence electrons. The van der Waals surface area contributed by atoms with Gasteiger partial charge in [-0.2, -0.15) is 5.10 Å². The number of amides is 1. The van der Waals surface area contributed by atoms with Crippen LogP contribution in [0, 0.1) is 0 Å². The molecule has 2 aromatic heterocycles. The Balaban J connectivity index is 1.39. The van der Waals surface area contributed by atoms with E-state index < -0.39 is 0 Å². The second-order valence-corrected chi connectivity index (χ2v) is 7.14. The highest BCUT2D eigenvalue weighted by Gasteiger charge is 2.19. The van der Waals surface area contributed by atoms with Crippen LogP contribution in [0.3, 0.4) is 0 Å². The quantitative estimate of drug-likeness (QED) is 0.648. The lowest BCUT2D eigenvalue weighted by Crippen LogP contribution is -2.47. The van der Waals surface area contributed by atoms with Crippen LogP contribution in [0.2, 0.25) is 0 Å². The highest BCUT2D eigenvalue weighted by molar-refractivity contribution is 5.90. The monoisotopic (exact) mass is 420 g/mol. The van der Waals surface area contributed by atoms with Gasteiger partial charge in [0.05, 0.1) is 7.11 Å².